The van der Waals surface area contributed by atoms with Gasteiger partial charge in [0.1, 0.15) is 24.2 Å². The third kappa shape index (κ3) is 8.20. The van der Waals surface area contributed by atoms with Gasteiger partial charge in [-0.25, -0.2) is 12.8 Å². The van der Waals surface area contributed by atoms with Crippen molar-refractivity contribution < 1.29 is 27.1 Å². The van der Waals surface area contributed by atoms with Gasteiger partial charge in [0.05, 0.1) is 17.7 Å². The predicted molar refractivity (Wildman–Crippen MR) is 158 cm³/mol. The molecule has 0 saturated heterocycles. The van der Waals surface area contributed by atoms with Crippen LogP contribution in [0.1, 0.15) is 38.7 Å². The van der Waals surface area contributed by atoms with E-state index in [4.69, 9.17) is 16.3 Å². The molecule has 0 aliphatic heterocycles. The number of ether oxygens (including phenoxy) is 1. The fourth-order valence-corrected chi connectivity index (χ4v) is 5.91. The van der Waals surface area contributed by atoms with E-state index in [2.05, 4.69) is 5.32 Å². The van der Waals surface area contributed by atoms with Gasteiger partial charge in [0, 0.05) is 18.1 Å². The fourth-order valence-electron chi connectivity index (χ4n) is 4.30. The molecule has 1 atom stereocenters. The highest BCUT2D eigenvalue weighted by Gasteiger charge is 2.34. The SMILES string of the molecule is CCCCNC(=O)[C@@H](CC)N(Cc1ccc(F)cc1)C(=O)CN(c1cc(Cl)ccc1OC)S(=O)(=O)c1ccccc1. The summed E-state index contributed by atoms with van der Waals surface area (Å²) in [5, 5.41) is 3.11. The maximum Gasteiger partial charge on any atom is 0.264 e. The molecule has 3 aromatic carbocycles. The van der Waals surface area contributed by atoms with E-state index in [0.29, 0.717) is 12.1 Å². The first-order valence-corrected chi connectivity index (χ1v) is 15.2. The Morgan fingerprint density at radius 3 is 2.32 bits per heavy atom. The van der Waals surface area contributed by atoms with Gasteiger partial charge in [-0.05, 0) is 60.9 Å². The minimum Gasteiger partial charge on any atom is -0.495 e. The Bertz CT molecular complexity index is 1420. The first-order valence-electron chi connectivity index (χ1n) is 13.3. The first kappa shape index (κ1) is 31.9. The van der Waals surface area contributed by atoms with Crippen molar-refractivity contribution in [1.29, 1.82) is 0 Å². The smallest absolute Gasteiger partial charge is 0.264 e. The van der Waals surface area contributed by atoms with Crippen molar-refractivity contribution in [3.63, 3.8) is 0 Å². The lowest BCUT2D eigenvalue weighted by Gasteiger charge is -2.33. The zero-order chi connectivity index (χ0) is 30.0. The van der Waals surface area contributed by atoms with Gasteiger partial charge in [0.2, 0.25) is 11.8 Å². The van der Waals surface area contributed by atoms with Crippen LogP contribution in [-0.4, -0.2) is 51.4 Å². The molecule has 11 heteroatoms. The van der Waals surface area contributed by atoms with Gasteiger partial charge >= 0.3 is 0 Å². The lowest BCUT2D eigenvalue weighted by Crippen LogP contribution is -2.52. The minimum atomic E-state index is -4.28. The lowest BCUT2D eigenvalue weighted by atomic mass is 10.1. The van der Waals surface area contributed by atoms with Crippen molar-refractivity contribution in [3.8, 4) is 5.75 Å². The van der Waals surface area contributed by atoms with Crippen LogP contribution in [-0.2, 0) is 26.2 Å². The summed E-state index contributed by atoms with van der Waals surface area (Å²) in [5.74, 6) is -1.23. The summed E-state index contributed by atoms with van der Waals surface area (Å²) in [5.41, 5.74) is 0.650. The van der Waals surface area contributed by atoms with Gasteiger partial charge in [-0.1, -0.05) is 62.2 Å². The van der Waals surface area contributed by atoms with E-state index in [1.165, 1.54) is 60.5 Å². The monoisotopic (exact) mass is 603 g/mol. The van der Waals surface area contributed by atoms with Crippen LogP contribution in [0.3, 0.4) is 0 Å². The van der Waals surface area contributed by atoms with E-state index >= 15 is 0 Å². The number of carbonyl (C=O) groups is 2. The standard InChI is InChI=1S/C30H35ClFN3O5S/c1-4-6-18-33-30(37)26(5-2)34(20-22-12-15-24(32)16-13-22)29(36)21-35(27-19-23(31)14-17-28(27)40-3)41(38,39)25-10-8-7-9-11-25/h7-17,19,26H,4-6,18,20-21H2,1-3H3,(H,33,37)/t26-/m1/s1. The van der Waals surface area contributed by atoms with Crippen LogP contribution in [0.5, 0.6) is 5.75 Å². The Morgan fingerprint density at radius 1 is 1.02 bits per heavy atom. The number of anilines is 1. The second kappa shape index (κ2) is 14.8. The minimum absolute atomic E-state index is 0.0370. The molecule has 0 saturated carbocycles. The second-order valence-electron chi connectivity index (χ2n) is 9.36. The Labute approximate surface area is 246 Å². The van der Waals surface area contributed by atoms with Gasteiger partial charge in [-0.2, -0.15) is 0 Å². The van der Waals surface area contributed by atoms with Crippen LogP contribution in [0.4, 0.5) is 10.1 Å². The zero-order valence-electron chi connectivity index (χ0n) is 23.3. The predicted octanol–water partition coefficient (Wildman–Crippen LogP) is 5.41. The molecule has 41 heavy (non-hydrogen) atoms. The summed E-state index contributed by atoms with van der Waals surface area (Å²) < 4.78 is 47.9. The molecule has 220 valence electrons. The van der Waals surface area contributed by atoms with Gasteiger partial charge in [-0.3, -0.25) is 13.9 Å². The van der Waals surface area contributed by atoms with Gasteiger partial charge in [0.25, 0.3) is 10.0 Å². The summed E-state index contributed by atoms with van der Waals surface area (Å²) in [6, 6.07) is 16.9. The molecule has 0 aliphatic rings. The van der Waals surface area contributed by atoms with Crippen LogP contribution in [0.15, 0.2) is 77.7 Å². The number of hydrogen-bond acceptors (Lipinski definition) is 5. The molecule has 0 radical (unpaired) electrons. The number of rotatable bonds is 14. The average Bonchev–Trinajstić information content (AvgIpc) is 2.97. The number of benzene rings is 3. The van der Waals surface area contributed by atoms with Crippen LogP contribution in [0.25, 0.3) is 0 Å². The molecular formula is C30H35ClFN3O5S. The molecule has 1 N–H and O–H groups in total. The van der Waals surface area contributed by atoms with Gasteiger partial charge in [0.15, 0.2) is 0 Å². The molecule has 0 heterocycles. The molecule has 8 nitrogen and oxygen atoms in total. The number of hydrogen-bond donors (Lipinski definition) is 1. The van der Waals surface area contributed by atoms with E-state index in [1.807, 2.05) is 6.92 Å². The molecule has 0 bridgehead atoms. The van der Waals surface area contributed by atoms with Crippen LogP contribution in [0, 0.1) is 5.82 Å². The quantitative estimate of drug-likeness (QED) is 0.249. The number of nitrogens with zero attached hydrogens (tertiary/aromatic N) is 2. The molecule has 2 amide bonds. The van der Waals surface area contributed by atoms with E-state index in [1.54, 1.807) is 31.2 Å². The zero-order valence-corrected chi connectivity index (χ0v) is 24.9. The molecule has 3 aromatic rings. The highest BCUT2D eigenvalue weighted by Crippen LogP contribution is 2.35. The molecule has 0 aliphatic carbocycles. The molecule has 0 fully saturated rings. The highest BCUT2D eigenvalue weighted by molar-refractivity contribution is 7.92. The van der Waals surface area contributed by atoms with Crippen molar-refractivity contribution in [2.75, 3.05) is 24.5 Å². The average molecular weight is 604 g/mol. The van der Waals surface area contributed by atoms with E-state index < -0.39 is 34.3 Å². The number of halogens is 2. The summed E-state index contributed by atoms with van der Waals surface area (Å²) >= 11 is 6.25. The van der Waals surface area contributed by atoms with Crippen LogP contribution >= 0.6 is 11.6 Å². The largest absolute Gasteiger partial charge is 0.495 e. The molecule has 0 aromatic heterocycles. The van der Waals surface area contributed by atoms with Crippen molar-refractivity contribution in [2.45, 2.75) is 50.6 Å². The van der Waals surface area contributed by atoms with Gasteiger partial charge in [-0.15, -0.1) is 0 Å². The normalized spacial score (nSPS) is 11.9. The Hall–Kier alpha value is -3.63. The van der Waals surface area contributed by atoms with Crippen LogP contribution in [0.2, 0.25) is 5.02 Å². The molecular weight excluding hydrogens is 569 g/mol. The van der Waals surface area contributed by atoms with Crippen molar-refractivity contribution >= 4 is 39.1 Å². The van der Waals surface area contributed by atoms with E-state index in [9.17, 15) is 22.4 Å². The molecule has 0 spiro atoms. The Kier molecular flexibility index (Phi) is 11.5. The number of methoxy groups -OCH3 is 1. The Morgan fingerprint density at radius 2 is 1.71 bits per heavy atom. The summed E-state index contributed by atoms with van der Waals surface area (Å²) in [6.07, 6.45) is 1.92. The number of amides is 2. The maximum absolute atomic E-state index is 14.1. The number of unbranched alkanes of at least 4 members (excludes halogenated alkanes) is 1. The van der Waals surface area contributed by atoms with Gasteiger partial charge < -0.3 is 15.0 Å². The number of carbonyl (C=O) groups excluding carboxylic acids is 2. The second-order valence-corrected chi connectivity index (χ2v) is 11.7. The molecule has 0 unspecified atom stereocenters. The first-order chi connectivity index (χ1) is 19.6. The van der Waals surface area contributed by atoms with Crippen molar-refractivity contribution in [2.24, 2.45) is 0 Å². The van der Waals surface area contributed by atoms with E-state index in [0.717, 1.165) is 17.1 Å². The van der Waals surface area contributed by atoms with Crippen molar-refractivity contribution in [3.05, 3.63) is 89.2 Å². The van der Waals surface area contributed by atoms with Crippen LogP contribution < -0.4 is 14.4 Å². The molecule has 3 rings (SSSR count). The maximum atomic E-state index is 14.1. The highest BCUT2D eigenvalue weighted by atomic mass is 35.5. The fraction of sp³-hybridized carbons (Fsp3) is 0.333. The topological polar surface area (TPSA) is 96.0 Å². The third-order valence-electron chi connectivity index (χ3n) is 6.50. The Balaban J connectivity index is 2.08. The third-order valence-corrected chi connectivity index (χ3v) is 8.51. The summed E-state index contributed by atoms with van der Waals surface area (Å²) in [6.45, 7) is 3.53. The summed E-state index contributed by atoms with van der Waals surface area (Å²) in [7, 11) is -2.90. The summed E-state index contributed by atoms with van der Waals surface area (Å²) in [4.78, 5) is 28.6. The number of sulfonamides is 1. The van der Waals surface area contributed by atoms with E-state index in [-0.39, 0.29) is 40.2 Å². The van der Waals surface area contributed by atoms with Crippen molar-refractivity contribution in [1.82, 2.24) is 10.2 Å². The number of nitrogens with one attached hydrogen (secondary N) is 1. The lowest BCUT2D eigenvalue weighted by molar-refractivity contribution is -0.140.